The van der Waals surface area contributed by atoms with Gasteiger partial charge in [0.25, 0.3) is 0 Å². The zero-order valence-corrected chi connectivity index (χ0v) is 12.5. The van der Waals surface area contributed by atoms with Gasteiger partial charge < -0.3 is 11.1 Å². The van der Waals surface area contributed by atoms with Crippen molar-refractivity contribution in [2.24, 2.45) is 23.0 Å². The lowest BCUT2D eigenvalue weighted by Gasteiger charge is -2.38. The summed E-state index contributed by atoms with van der Waals surface area (Å²) in [6.45, 7) is 9.63. The van der Waals surface area contributed by atoms with E-state index in [1.54, 1.807) is 0 Å². The van der Waals surface area contributed by atoms with E-state index < -0.39 is 0 Å². The number of carbonyl (C=O) groups excluding carboxylic acids is 1. The summed E-state index contributed by atoms with van der Waals surface area (Å²) in [7, 11) is 0. The molecule has 1 saturated carbocycles. The van der Waals surface area contributed by atoms with Crippen molar-refractivity contribution in [3.05, 3.63) is 0 Å². The first-order valence-corrected chi connectivity index (χ1v) is 7.31. The molecule has 18 heavy (non-hydrogen) atoms. The summed E-state index contributed by atoms with van der Waals surface area (Å²) >= 11 is 0. The Kier molecular flexibility index (Phi) is 5.64. The first-order chi connectivity index (χ1) is 8.28. The van der Waals surface area contributed by atoms with Crippen LogP contribution in [0.1, 0.15) is 59.8 Å². The molecule has 1 aliphatic carbocycles. The summed E-state index contributed by atoms with van der Waals surface area (Å²) in [5.41, 5.74) is 6.06. The van der Waals surface area contributed by atoms with Crippen molar-refractivity contribution < 1.29 is 4.79 Å². The molecular weight excluding hydrogens is 224 g/mol. The summed E-state index contributed by atoms with van der Waals surface area (Å²) in [5.74, 6) is 1.50. The van der Waals surface area contributed by atoms with Gasteiger partial charge in [-0.25, -0.2) is 0 Å². The van der Waals surface area contributed by atoms with Gasteiger partial charge in [-0.15, -0.1) is 0 Å². The fourth-order valence-electron chi connectivity index (χ4n) is 3.47. The molecular formula is C15H30N2O. The Morgan fingerprint density at radius 3 is 2.67 bits per heavy atom. The van der Waals surface area contributed by atoms with Crippen LogP contribution in [0.2, 0.25) is 0 Å². The van der Waals surface area contributed by atoms with Gasteiger partial charge in [-0.05, 0) is 49.9 Å². The molecule has 3 unspecified atom stereocenters. The van der Waals surface area contributed by atoms with Crippen LogP contribution in [0.25, 0.3) is 0 Å². The number of nitrogens with one attached hydrogen (secondary N) is 1. The second-order valence-corrected chi connectivity index (χ2v) is 7.10. The fraction of sp³-hybridized carbons (Fsp3) is 0.933. The van der Waals surface area contributed by atoms with Gasteiger partial charge >= 0.3 is 0 Å². The van der Waals surface area contributed by atoms with E-state index in [1.165, 1.54) is 19.3 Å². The highest BCUT2D eigenvalue weighted by Crippen LogP contribution is 2.42. The molecule has 0 saturated heterocycles. The quantitative estimate of drug-likeness (QED) is 0.792. The van der Waals surface area contributed by atoms with Crippen LogP contribution in [0, 0.1) is 17.3 Å². The van der Waals surface area contributed by atoms with Crippen molar-refractivity contribution in [2.45, 2.75) is 65.8 Å². The minimum absolute atomic E-state index is 0.166. The van der Waals surface area contributed by atoms with Gasteiger partial charge in [-0.2, -0.15) is 0 Å². The van der Waals surface area contributed by atoms with Crippen LogP contribution in [0.5, 0.6) is 0 Å². The second kappa shape index (κ2) is 6.55. The molecule has 0 aromatic rings. The average molecular weight is 254 g/mol. The molecule has 0 radical (unpaired) electrons. The summed E-state index contributed by atoms with van der Waals surface area (Å²) in [4.78, 5) is 11.9. The van der Waals surface area contributed by atoms with Crippen LogP contribution in [0.4, 0.5) is 0 Å². The van der Waals surface area contributed by atoms with E-state index in [2.05, 4.69) is 26.1 Å². The van der Waals surface area contributed by atoms with Gasteiger partial charge in [0.05, 0.1) is 0 Å². The summed E-state index contributed by atoms with van der Waals surface area (Å²) < 4.78 is 0. The third kappa shape index (κ3) is 5.85. The Morgan fingerprint density at radius 2 is 2.11 bits per heavy atom. The van der Waals surface area contributed by atoms with Gasteiger partial charge in [0.1, 0.15) is 0 Å². The Balaban J connectivity index is 2.31. The molecule has 0 spiro atoms. The van der Waals surface area contributed by atoms with Crippen LogP contribution in [0.3, 0.4) is 0 Å². The smallest absolute Gasteiger partial charge is 0.220 e. The summed E-state index contributed by atoms with van der Waals surface area (Å²) in [6, 6.07) is 0.166. The zero-order valence-electron chi connectivity index (χ0n) is 12.5. The highest BCUT2D eigenvalue weighted by atomic mass is 16.1. The van der Waals surface area contributed by atoms with Gasteiger partial charge in [0, 0.05) is 19.0 Å². The molecule has 3 heteroatoms. The first kappa shape index (κ1) is 15.5. The third-order valence-electron chi connectivity index (χ3n) is 3.87. The van der Waals surface area contributed by atoms with Crippen molar-refractivity contribution >= 4 is 5.91 Å². The lowest BCUT2D eigenvalue weighted by molar-refractivity contribution is -0.122. The molecule has 0 aliphatic heterocycles. The largest absolute Gasteiger partial charge is 0.356 e. The summed E-state index contributed by atoms with van der Waals surface area (Å²) in [5, 5.41) is 2.98. The van der Waals surface area contributed by atoms with Crippen LogP contribution >= 0.6 is 0 Å². The van der Waals surface area contributed by atoms with Gasteiger partial charge in [0.2, 0.25) is 5.91 Å². The molecule has 3 atom stereocenters. The second-order valence-electron chi connectivity index (χ2n) is 7.10. The predicted molar refractivity (Wildman–Crippen MR) is 76.2 cm³/mol. The zero-order chi connectivity index (χ0) is 13.8. The van der Waals surface area contributed by atoms with Crippen molar-refractivity contribution in [3.63, 3.8) is 0 Å². The molecule has 1 aliphatic rings. The molecule has 1 amide bonds. The number of hydrogen-bond acceptors (Lipinski definition) is 2. The molecule has 1 rings (SSSR count). The molecule has 0 aromatic carbocycles. The van der Waals surface area contributed by atoms with Gasteiger partial charge in [0.15, 0.2) is 0 Å². The van der Waals surface area contributed by atoms with Crippen molar-refractivity contribution in [3.8, 4) is 0 Å². The first-order valence-electron chi connectivity index (χ1n) is 7.31. The summed E-state index contributed by atoms with van der Waals surface area (Å²) in [6.07, 6.45) is 5.21. The Hall–Kier alpha value is -0.570. The van der Waals surface area contributed by atoms with E-state index in [-0.39, 0.29) is 11.9 Å². The van der Waals surface area contributed by atoms with E-state index in [1.807, 2.05) is 6.92 Å². The van der Waals surface area contributed by atoms with E-state index in [9.17, 15) is 4.79 Å². The standard InChI is InChI=1S/C15H30N2O/c1-11-7-13(10-15(3,4)9-11)8-14(18)17-6-5-12(2)16/h11-13H,5-10,16H2,1-4H3,(H,17,18). The highest BCUT2D eigenvalue weighted by Gasteiger charge is 2.32. The third-order valence-corrected chi connectivity index (χ3v) is 3.87. The normalized spacial score (nSPS) is 28.7. The van der Waals surface area contributed by atoms with Gasteiger partial charge in [-0.1, -0.05) is 20.8 Å². The maximum atomic E-state index is 11.9. The highest BCUT2D eigenvalue weighted by molar-refractivity contribution is 5.76. The maximum absolute atomic E-state index is 11.9. The van der Waals surface area contributed by atoms with E-state index >= 15 is 0 Å². The molecule has 1 fully saturated rings. The van der Waals surface area contributed by atoms with Crippen molar-refractivity contribution in [2.75, 3.05) is 6.54 Å². The SMILES string of the molecule is CC(N)CCNC(=O)CC1CC(C)CC(C)(C)C1. The Labute approximate surface area is 112 Å². The number of nitrogens with two attached hydrogens (primary N) is 1. The number of amides is 1. The monoisotopic (exact) mass is 254 g/mol. The minimum atomic E-state index is 0.166. The van der Waals surface area contributed by atoms with Crippen LogP contribution in [-0.2, 0) is 4.79 Å². The average Bonchev–Trinajstić information content (AvgIpc) is 2.12. The van der Waals surface area contributed by atoms with Gasteiger partial charge in [-0.3, -0.25) is 4.79 Å². The van der Waals surface area contributed by atoms with E-state index in [4.69, 9.17) is 5.73 Å². The number of rotatable bonds is 5. The van der Waals surface area contributed by atoms with Crippen LogP contribution in [-0.4, -0.2) is 18.5 Å². The van der Waals surface area contributed by atoms with Crippen LogP contribution in [0.15, 0.2) is 0 Å². The van der Waals surface area contributed by atoms with Crippen LogP contribution < -0.4 is 11.1 Å². The Morgan fingerprint density at radius 1 is 1.44 bits per heavy atom. The lowest BCUT2D eigenvalue weighted by atomic mass is 9.67. The van der Waals surface area contributed by atoms with E-state index in [0.29, 0.717) is 24.3 Å². The number of carbonyl (C=O) groups is 1. The molecule has 3 N–H and O–H groups in total. The molecule has 106 valence electrons. The van der Waals surface area contributed by atoms with Crippen molar-refractivity contribution in [1.82, 2.24) is 5.32 Å². The minimum Gasteiger partial charge on any atom is -0.356 e. The molecule has 0 heterocycles. The molecule has 0 aromatic heterocycles. The topological polar surface area (TPSA) is 55.1 Å². The molecule has 0 bridgehead atoms. The lowest BCUT2D eigenvalue weighted by Crippen LogP contribution is -2.33. The fourth-order valence-corrected chi connectivity index (χ4v) is 3.47. The van der Waals surface area contributed by atoms with Crippen molar-refractivity contribution in [1.29, 1.82) is 0 Å². The predicted octanol–water partition coefficient (Wildman–Crippen LogP) is 2.69. The van der Waals surface area contributed by atoms with E-state index in [0.717, 1.165) is 12.3 Å². The Bertz CT molecular complexity index is 274. The molecule has 3 nitrogen and oxygen atoms in total. The maximum Gasteiger partial charge on any atom is 0.220 e. The number of hydrogen-bond donors (Lipinski definition) is 2.